The van der Waals surface area contributed by atoms with Crippen molar-refractivity contribution >= 4 is 16.9 Å². The first-order valence-corrected chi connectivity index (χ1v) is 9.45. The van der Waals surface area contributed by atoms with Gasteiger partial charge in [-0.05, 0) is 50.2 Å². The van der Waals surface area contributed by atoms with E-state index in [1.165, 1.54) is 0 Å². The van der Waals surface area contributed by atoms with Crippen molar-refractivity contribution in [2.45, 2.75) is 50.7 Å². The highest BCUT2D eigenvalue weighted by Gasteiger charge is 2.30. The van der Waals surface area contributed by atoms with Gasteiger partial charge in [-0.1, -0.05) is 17.3 Å². The number of carbonyl (C=O) groups excluding carboxylic acids is 1. The summed E-state index contributed by atoms with van der Waals surface area (Å²) in [6, 6.07) is 10.4. The first-order chi connectivity index (χ1) is 12.7. The van der Waals surface area contributed by atoms with Crippen LogP contribution in [-0.4, -0.2) is 51.0 Å². The second kappa shape index (κ2) is 7.42. The fourth-order valence-corrected chi connectivity index (χ4v) is 4.26. The van der Waals surface area contributed by atoms with Gasteiger partial charge >= 0.3 is 0 Å². The van der Waals surface area contributed by atoms with Crippen LogP contribution >= 0.6 is 0 Å². The molecular weight excluding hydrogens is 328 g/mol. The van der Waals surface area contributed by atoms with E-state index in [0.717, 1.165) is 49.7 Å². The highest BCUT2D eigenvalue weighted by atomic mass is 16.2. The van der Waals surface area contributed by atoms with Gasteiger partial charge in [0.2, 0.25) is 5.91 Å². The Morgan fingerprint density at radius 2 is 2.19 bits per heavy atom. The Morgan fingerprint density at radius 3 is 3.08 bits per heavy atom. The lowest BCUT2D eigenvalue weighted by Gasteiger charge is -2.21. The third-order valence-electron chi connectivity index (χ3n) is 5.66. The maximum absolute atomic E-state index is 12.3. The van der Waals surface area contributed by atoms with E-state index in [1.807, 2.05) is 22.9 Å². The molecule has 1 saturated heterocycles. The van der Waals surface area contributed by atoms with Crippen LogP contribution in [0.3, 0.4) is 0 Å². The second-order valence-electron chi connectivity index (χ2n) is 7.39. The molecule has 2 fully saturated rings. The smallest absolute Gasteiger partial charge is 0.237 e. The van der Waals surface area contributed by atoms with Gasteiger partial charge in [0.25, 0.3) is 0 Å². The summed E-state index contributed by atoms with van der Waals surface area (Å²) in [5.74, 6) is 0.603. The third-order valence-corrected chi connectivity index (χ3v) is 5.66. The van der Waals surface area contributed by atoms with Crippen LogP contribution < -0.4 is 5.32 Å². The minimum absolute atomic E-state index is 0.0553. The average molecular weight is 352 g/mol. The van der Waals surface area contributed by atoms with Crippen LogP contribution in [0.15, 0.2) is 24.3 Å². The van der Waals surface area contributed by atoms with Gasteiger partial charge in [0.05, 0.1) is 18.1 Å². The summed E-state index contributed by atoms with van der Waals surface area (Å²) in [6.07, 6.45) is 4.99. The predicted octanol–water partition coefficient (Wildman–Crippen LogP) is 1.70. The molecule has 7 nitrogen and oxygen atoms in total. The van der Waals surface area contributed by atoms with Gasteiger partial charge in [0.15, 0.2) is 0 Å². The number of likely N-dealkylation sites (tertiary alicyclic amines) is 1. The minimum atomic E-state index is -0.235. The highest BCUT2D eigenvalue weighted by molar-refractivity contribution is 5.79. The topological polar surface area (TPSA) is 86.8 Å². The molecule has 0 spiro atoms. The molecule has 1 aromatic heterocycles. The van der Waals surface area contributed by atoms with Crippen molar-refractivity contribution in [3.8, 4) is 6.07 Å². The lowest BCUT2D eigenvalue weighted by molar-refractivity contribution is -0.130. The quantitative estimate of drug-likeness (QED) is 0.885. The van der Waals surface area contributed by atoms with Crippen LogP contribution in [0.5, 0.6) is 0 Å². The number of aromatic nitrogens is 3. The van der Waals surface area contributed by atoms with E-state index in [1.54, 1.807) is 4.90 Å². The van der Waals surface area contributed by atoms with Crippen LogP contribution in [0.4, 0.5) is 0 Å². The molecule has 1 aromatic carbocycles. The summed E-state index contributed by atoms with van der Waals surface area (Å²) in [5, 5.41) is 21.0. The second-order valence-corrected chi connectivity index (χ2v) is 7.39. The zero-order valence-corrected chi connectivity index (χ0v) is 14.8. The maximum atomic E-state index is 12.3. The van der Waals surface area contributed by atoms with Gasteiger partial charge in [-0.25, -0.2) is 4.68 Å². The number of nitriles is 1. The summed E-state index contributed by atoms with van der Waals surface area (Å²) in [7, 11) is 0. The molecule has 0 radical (unpaired) electrons. The van der Waals surface area contributed by atoms with E-state index < -0.39 is 0 Å². The first-order valence-electron chi connectivity index (χ1n) is 9.45. The standard InChI is InChI=1S/C19H24N6O/c20-11-16-4-3-9-24(16)19(26)12-21-15-8-7-14(10-15)13-25-18-6-2-1-5-17(18)22-23-25/h1-2,5-6,14-16,21H,3-4,7-10,12-13H2/t14-,15+,16-/m0/s1. The molecule has 1 aliphatic carbocycles. The van der Waals surface area contributed by atoms with Gasteiger partial charge in [-0.3, -0.25) is 4.79 Å². The van der Waals surface area contributed by atoms with E-state index in [9.17, 15) is 4.79 Å². The number of para-hydroxylation sites is 1. The number of fused-ring (bicyclic) bond motifs is 1. The Bertz CT molecular complexity index is 825. The zero-order chi connectivity index (χ0) is 17.9. The number of rotatable bonds is 5. The number of hydrogen-bond acceptors (Lipinski definition) is 5. The number of benzene rings is 1. The molecule has 26 heavy (non-hydrogen) atoms. The normalized spacial score (nSPS) is 25.7. The highest BCUT2D eigenvalue weighted by Crippen LogP contribution is 2.28. The van der Waals surface area contributed by atoms with E-state index in [-0.39, 0.29) is 11.9 Å². The van der Waals surface area contributed by atoms with E-state index in [2.05, 4.69) is 27.8 Å². The number of nitrogens with zero attached hydrogens (tertiary/aromatic N) is 5. The largest absolute Gasteiger partial charge is 0.326 e. The van der Waals surface area contributed by atoms with Crippen LogP contribution in [0, 0.1) is 17.2 Å². The number of nitrogens with one attached hydrogen (secondary N) is 1. The van der Waals surface area contributed by atoms with Crippen LogP contribution in [0.25, 0.3) is 11.0 Å². The van der Waals surface area contributed by atoms with Crippen molar-refractivity contribution in [1.29, 1.82) is 5.26 Å². The molecule has 1 amide bonds. The number of hydrogen-bond donors (Lipinski definition) is 1. The van der Waals surface area contributed by atoms with Gasteiger partial charge in [-0.2, -0.15) is 5.26 Å². The summed E-state index contributed by atoms with van der Waals surface area (Å²) in [4.78, 5) is 14.1. The van der Waals surface area contributed by atoms with Crippen molar-refractivity contribution in [2.24, 2.45) is 5.92 Å². The van der Waals surface area contributed by atoms with Gasteiger partial charge in [-0.15, -0.1) is 5.10 Å². The molecule has 1 saturated carbocycles. The SMILES string of the molecule is N#C[C@@H]1CCCN1C(=O)CN[C@@H]1CC[C@H](Cn2nnc3ccccc32)C1. The maximum Gasteiger partial charge on any atom is 0.237 e. The van der Waals surface area contributed by atoms with Gasteiger partial charge in [0.1, 0.15) is 11.6 Å². The summed E-state index contributed by atoms with van der Waals surface area (Å²) in [5.41, 5.74) is 2.01. The van der Waals surface area contributed by atoms with Crippen LogP contribution in [0.1, 0.15) is 32.1 Å². The molecule has 0 unspecified atom stereocenters. The Labute approximate surface area is 153 Å². The van der Waals surface area contributed by atoms with Crippen molar-refractivity contribution in [1.82, 2.24) is 25.2 Å². The first kappa shape index (κ1) is 17.0. The van der Waals surface area contributed by atoms with E-state index >= 15 is 0 Å². The molecule has 2 aromatic rings. The molecule has 1 aliphatic heterocycles. The molecule has 0 bridgehead atoms. The van der Waals surface area contributed by atoms with Crippen LogP contribution in [-0.2, 0) is 11.3 Å². The molecular formula is C19H24N6O. The van der Waals surface area contributed by atoms with Crippen molar-refractivity contribution in [3.05, 3.63) is 24.3 Å². The molecule has 2 heterocycles. The zero-order valence-electron chi connectivity index (χ0n) is 14.8. The lowest BCUT2D eigenvalue weighted by Crippen LogP contribution is -2.42. The monoisotopic (exact) mass is 352 g/mol. The van der Waals surface area contributed by atoms with Crippen molar-refractivity contribution in [2.75, 3.05) is 13.1 Å². The minimum Gasteiger partial charge on any atom is -0.326 e. The fourth-order valence-electron chi connectivity index (χ4n) is 4.26. The summed E-state index contributed by atoms with van der Waals surface area (Å²) < 4.78 is 2.00. The predicted molar refractivity (Wildman–Crippen MR) is 97.0 cm³/mol. The molecule has 1 N–H and O–H groups in total. The number of amides is 1. The van der Waals surface area contributed by atoms with E-state index in [4.69, 9.17) is 5.26 Å². The van der Waals surface area contributed by atoms with Crippen LogP contribution in [0.2, 0.25) is 0 Å². The fraction of sp³-hybridized carbons (Fsp3) is 0.579. The van der Waals surface area contributed by atoms with Gasteiger partial charge in [0, 0.05) is 19.1 Å². The van der Waals surface area contributed by atoms with Crippen molar-refractivity contribution in [3.63, 3.8) is 0 Å². The Balaban J connectivity index is 1.28. The molecule has 2 aliphatic rings. The lowest BCUT2D eigenvalue weighted by atomic mass is 10.1. The number of carbonyl (C=O) groups is 1. The molecule has 4 rings (SSSR count). The third kappa shape index (κ3) is 3.42. The Kier molecular flexibility index (Phi) is 4.85. The average Bonchev–Trinajstić information content (AvgIpc) is 3.40. The molecule has 136 valence electrons. The Morgan fingerprint density at radius 1 is 1.31 bits per heavy atom. The van der Waals surface area contributed by atoms with Gasteiger partial charge < -0.3 is 10.2 Å². The molecule has 7 heteroatoms. The Hall–Kier alpha value is -2.46. The molecule has 3 atom stereocenters. The summed E-state index contributed by atoms with van der Waals surface area (Å²) in [6.45, 7) is 1.92. The summed E-state index contributed by atoms with van der Waals surface area (Å²) >= 11 is 0. The van der Waals surface area contributed by atoms with E-state index in [0.29, 0.717) is 25.0 Å². The van der Waals surface area contributed by atoms with Crippen molar-refractivity contribution < 1.29 is 4.79 Å².